The summed E-state index contributed by atoms with van der Waals surface area (Å²) >= 11 is 0. The van der Waals surface area contributed by atoms with E-state index in [4.69, 9.17) is 0 Å². The highest BCUT2D eigenvalue weighted by Gasteiger charge is 2.44. The lowest BCUT2D eigenvalue weighted by Gasteiger charge is -2.39. The minimum Gasteiger partial charge on any atom is -0.388 e. The quantitative estimate of drug-likeness (QED) is 0.857. The van der Waals surface area contributed by atoms with Crippen molar-refractivity contribution in [2.24, 2.45) is 0 Å². The van der Waals surface area contributed by atoms with E-state index in [1.807, 2.05) is 0 Å². The van der Waals surface area contributed by atoms with Gasteiger partial charge in [0.25, 0.3) is 0 Å². The molecule has 7 heteroatoms. The Bertz CT molecular complexity index is 608. The zero-order valence-corrected chi connectivity index (χ0v) is 12.6. The van der Waals surface area contributed by atoms with Crippen LogP contribution in [-0.4, -0.2) is 44.3 Å². The van der Waals surface area contributed by atoms with Gasteiger partial charge >= 0.3 is 0 Å². The molecule has 20 heavy (non-hydrogen) atoms. The Hall–Kier alpha value is -1.60. The van der Waals surface area contributed by atoms with Gasteiger partial charge in [-0.25, -0.2) is 8.42 Å². The molecule has 2 N–H and O–H groups in total. The number of piperazine rings is 1. The largest absolute Gasteiger partial charge is 0.388 e. The Balaban J connectivity index is 2.40. The van der Waals surface area contributed by atoms with Gasteiger partial charge in [0.2, 0.25) is 15.9 Å². The Labute approximate surface area is 119 Å². The van der Waals surface area contributed by atoms with E-state index >= 15 is 0 Å². The maximum absolute atomic E-state index is 12.7. The molecule has 1 amide bonds. The van der Waals surface area contributed by atoms with Crippen LogP contribution in [0.1, 0.15) is 13.8 Å². The molecular weight excluding hydrogens is 278 g/mol. The smallest absolute Gasteiger partial charge is 0.244 e. The molecule has 0 unspecified atom stereocenters. The van der Waals surface area contributed by atoms with Gasteiger partial charge in [0, 0.05) is 25.8 Å². The van der Waals surface area contributed by atoms with Crippen LogP contribution >= 0.6 is 0 Å². The first-order chi connectivity index (χ1) is 9.30. The number of hydrogen-bond donors (Lipinski definition) is 2. The lowest BCUT2D eigenvalue weighted by molar-refractivity contribution is -0.131. The lowest BCUT2D eigenvalue weighted by atomic mass is 10.0. The molecule has 2 rings (SSSR count). The molecule has 0 aromatic heterocycles. The van der Waals surface area contributed by atoms with Gasteiger partial charge in [0.1, 0.15) is 5.54 Å². The van der Waals surface area contributed by atoms with Gasteiger partial charge in [-0.05, 0) is 38.1 Å². The number of carbonyl (C=O) groups is 1. The molecule has 1 aromatic rings. The summed E-state index contributed by atoms with van der Waals surface area (Å²) in [5.41, 5.74) is -0.252. The van der Waals surface area contributed by atoms with E-state index in [9.17, 15) is 13.2 Å². The summed E-state index contributed by atoms with van der Waals surface area (Å²) < 4.78 is 26.6. The monoisotopic (exact) mass is 297 g/mol. The van der Waals surface area contributed by atoms with Crippen molar-refractivity contribution in [3.63, 3.8) is 0 Å². The van der Waals surface area contributed by atoms with Crippen LogP contribution in [0.5, 0.6) is 0 Å². The van der Waals surface area contributed by atoms with Gasteiger partial charge in [0.15, 0.2) is 0 Å². The Kier molecular flexibility index (Phi) is 3.75. The highest BCUT2D eigenvalue weighted by molar-refractivity contribution is 7.89. The topological polar surface area (TPSA) is 78.5 Å². The molecule has 6 nitrogen and oxygen atoms in total. The van der Waals surface area contributed by atoms with E-state index in [0.29, 0.717) is 6.54 Å². The molecule has 1 aliphatic heterocycles. The molecule has 0 spiro atoms. The summed E-state index contributed by atoms with van der Waals surface area (Å²) in [6, 6.07) is 6.49. The number of nitrogens with one attached hydrogen (secondary N) is 2. The molecule has 110 valence electrons. The number of rotatable bonds is 3. The van der Waals surface area contributed by atoms with E-state index in [-0.39, 0.29) is 17.3 Å². The number of benzene rings is 1. The number of carbonyl (C=O) groups excluding carboxylic acids is 1. The van der Waals surface area contributed by atoms with Crippen LogP contribution in [0.15, 0.2) is 29.2 Å². The summed E-state index contributed by atoms with van der Waals surface area (Å²) in [7, 11) is -1.92. The van der Waals surface area contributed by atoms with Crippen molar-refractivity contribution in [3.8, 4) is 0 Å². The number of nitrogens with zero attached hydrogens (tertiary/aromatic N) is 1. The summed E-state index contributed by atoms with van der Waals surface area (Å²) in [6.07, 6.45) is 0. The highest BCUT2D eigenvalue weighted by Crippen LogP contribution is 2.27. The zero-order valence-electron chi connectivity index (χ0n) is 11.8. The van der Waals surface area contributed by atoms with Gasteiger partial charge in [-0.2, -0.15) is 4.31 Å². The summed E-state index contributed by atoms with van der Waals surface area (Å²) in [5, 5.41) is 5.62. The van der Waals surface area contributed by atoms with Crippen LogP contribution in [-0.2, 0) is 14.8 Å². The Morgan fingerprint density at radius 1 is 1.25 bits per heavy atom. The summed E-state index contributed by atoms with van der Waals surface area (Å²) in [4.78, 5) is 12.1. The fraction of sp³-hybridized carbons (Fsp3) is 0.462. The van der Waals surface area contributed by atoms with Crippen LogP contribution in [0.2, 0.25) is 0 Å². The standard InChI is InChI=1S/C13H19N3O3S/c1-13(2)12(17)15-8-9-16(13)20(18,19)11-6-4-10(14-3)5-7-11/h4-7,14H,8-9H2,1-3H3,(H,15,17). The van der Waals surface area contributed by atoms with Crippen molar-refractivity contribution in [1.82, 2.24) is 9.62 Å². The van der Waals surface area contributed by atoms with Crippen LogP contribution in [0.25, 0.3) is 0 Å². The van der Waals surface area contributed by atoms with Crippen molar-refractivity contribution in [3.05, 3.63) is 24.3 Å². The number of amides is 1. The zero-order chi connectivity index (χ0) is 15.0. The maximum atomic E-state index is 12.7. The van der Waals surface area contributed by atoms with Crippen molar-refractivity contribution in [1.29, 1.82) is 0 Å². The van der Waals surface area contributed by atoms with Gasteiger partial charge in [-0.1, -0.05) is 0 Å². The molecular formula is C13H19N3O3S. The first-order valence-corrected chi connectivity index (χ1v) is 7.83. The third kappa shape index (κ3) is 2.38. The average Bonchev–Trinajstić information content (AvgIpc) is 2.41. The predicted molar refractivity (Wildman–Crippen MR) is 77.0 cm³/mol. The molecule has 1 fully saturated rings. The molecule has 1 aromatic carbocycles. The van der Waals surface area contributed by atoms with Crippen LogP contribution < -0.4 is 10.6 Å². The molecule has 1 heterocycles. The van der Waals surface area contributed by atoms with Crippen LogP contribution in [0.3, 0.4) is 0 Å². The van der Waals surface area contributed by atoms with Crippen molar-refractivity contribution < 1.29 is 13.2 Å². The van der Waals surface area contributed by atoms with Gasteiger partial charge in [0.05, 0.1) is 4.90 Å². The average molecular weight is 297 g/mol. The van der Waals surface area contributed by atoms with E-state index in [1.54, 1.807) is 45.2 Å². The normalized spacial score (nSPS) is 19.4. The van der Waals surface area contributed by atoms with Gasteiger partial charge in [-0.3, -0.25) is 4.79 Å². The maximum Gasteiger partial charge on any atom is 0.244 e. The van der Waals surface area contributed by atoms with E-state index in [0.717, 1.165) is 5.69 Å². The van der Waals surface area contributed by atoms with E-state index in [2.05, 4.69) is 10.6 Å². The second kappa shape index (κ2) is 5.06. The molecule has 0 radical (unpaired) electrons. The first kappa shape index (κ1) is 14.8. The number of sulfonamides is 1. The molecule has 0 saturated carbocycles. The summed E-state index contributed by atoms with van der Waals surface area (Å²) in [5.74, 6) is -0.279. The minimum atomic E-state index is -3.68. The second-order valence-corrected chi connectivity index (χ2v) is 7.03. The molecule has 0 bridgehead atoms. The van der Waals surface area contributed by atoms with Crippen molar-refractivity contribution in [2.75, 3.05) is 25.5 Å². The predicted octanol–water partition coefficient (Wildman–Crippen LogP) is 0.627. The van der Waals surface area contributed by atoms with E-state index < -0.39 is 15.6 Å². The third-order valence-corrected chi connectivity index (χ3v) is 5.60. The molecule has 1 aliphatic rings. The Morgan fingerprint density at radius 2 is 1.85 bits per heavy atom. The fourth-order valence-electron chi connectivity index (χ4n) is 2.22. The fourth-order valence-corrected chi connectivity index (χ4v) is 3.97. The molecule has 0 aliphatic carbocycles. The van der Waals surface area contributed by atoms with E-state index in [1.165, 1.54) is 4.31 Å². The minimum absolute atomic E-state index is 0.194. The lowest BCUT2D eigenvalue weighted by Crippen LogP contribution is -2.63. The van der Waals surface area contributed by atoms with Crippen LogP contribution in [0.4, 0.5) is 5.69 Å². The highest BCUT2D eigenvalue weighted by atomic mass is 32.2. The van der Waals surface area contributed by atoms with Gasteiger partial charge in [-0.15, -0.1) is 0 Å². The second-order valence-electron chi connectivity index (χ2n) is 5.17. The molecule has 0 atom stereocenters. The van der Waals surface area contributed by atoms with Crippen LogP contribution in [0, 0.1) is 0 Å². The first-order valence-electron chi connectivity index (χ1n) is 6.39. The van der Waals surface area contributed by atoms with Gasteiger partial charge < -0.3 is 10.6 Å². The third-order valence-electron chi connectivity index (χ3n) is 3.51. The van der Waals surface area contributed by atoms with Crippen molar-refractivity contribution >= 4 is 21.6 Å². The number of anilines is 1. The summed E-state index contributed by atoms with van der Waals surface area (Å²) in [6.45, 7) is 3.83. The van der Waals surface area contributed by atoms with Crippen molar-refractivity contribution in [2.45, 2.75) is 24.3 Å². The molecule has 1 saturated heterocycles. The Morgan fingerprint density at radius 3 is 2.40 bits per heavy atom. The number of hydrogen-bond acceptors (Lipinski definition) is 4. The SMILES string of the molecule is CNc1ccc(S(=O)(=O)N2CCNC(=O)C2(C)C)cc1.